The smallest absolute Gasteiger partial charge is 0.171 e. The molecule has 0 aromatic heterocycles. The van der Waals surface area contributed by atoms with E-state index >= 15 is 0 Å². The van der Waals surface area contributed by atoms with E-state index in [1.54, 1.807) is 12.1 Å². The van der Waals surface area contributed by atoms with Crippen molar-refractivity contribution in [2.45, 2.75) is 32.0 Å². The molecule has 94 valence electrons. The molecule has 2 nitrogen and oxygen atoms in total. The van der Waals surface area contributed by atoms with Crippen LogP contribution in [-0.2, 0) is 4.43 Å². The van der Waals surface area contributed by atoms with Crippen molar-refractivity contribution in [1.82, 2.24) is 0 Å². The summed E-state index contributed by atoms with van der Waals surface area (Å²) in [5.41, 5.74) is 0. The van der Waals surface area contributed by atoms with Crippen molar-refractivity contribution in [2.24, 2.45) is 5.92 Å². The highest BCUT2D eigenvalue weighted by Gasteiger charge is 2.30. The fourth-order valence-corrected chi connectivity index (χ4v) is 3.04. The molecule has 0 amide bonds. The number of halogens is 1. The standard InChI is InChI=1S/C13H19FO2Si/c1-17(2)16-13-7-10(8-13)9-15-12-5-3-11(14)4-6-12/h3-6,10,13,17H,7-9H2,1-2H3/t10-,13+. The van der Waals surface area contributed by atoms with Crippen LogP contribution >= 0.6 is 0 Å². The van der Waals surface area contributed by atoms with Crippen LogP contribution in [0.3, 0.4) is 0 Å². The van der Waals surface area contributed by atoms with E-state index in [2.05, 4.69) is 13.1 Å². The van der Waals surface area contributed by atoms with Crippen LogP contribution in [0.4, 0.5) is 4.39 Å². The lowest BCUT2D eigenvalue weighted by Crippen LogP contribution is -2.37. The highest BCUT2D eigenvalue weighted by Crippen LogP contribution is 2.31. The number of ether oxygens (including phenoxy) is 1. The van der Waals surface area contributed by atoms with E-state index in [0.717, 1.165) is 18.6 Å². The van der Waals surface area contributed by atoms with Gasteiger partial charge >= 0.3 is 0 Å². The molecule has 1 aromatic carbocycles. The Kier molecular flexibility index (Phi) is 4.18. The minimum absolute atomic E-state index is 0.226. The molecule has 4 heteroatoms. The van der Waals surface area contributed by atoms with E-state index in [9.17, 15) is 4.39 Å². The molecule has 2 rings (SSSR count). The third-order valence-corrected chi connectivity index (χ3v) is 3.89. The summed E-state index contributed by atoms with van der Waals surface area (Å²) in [6, 6.07) is 6.19. The Balaban J connectivity index is 1.66. The van der Waals surface area contributed by atoms with Crippen molar-refractivity contribution in [2.75, 3.05) is 6.61 Å². The van der Waals surface area contributed by atoms with Gasteiger partial charge in [-0.25, -0.2) is 4.39 Å². The van der Waals surface area contributed by atoms with Gasteiger partial charge in [0.15, 0.2) is 9.04 Å². The van der Waals surface area contributed by atoms with Gasteiger partial charge in [-0.1, -0.05) is 0 Å². The summed E-state index contributed by atoms with van der Waals surface area (Å²) in [7, 11) is -0.890. The summed E-state index contributed by atoms with van der Waals surface area (Å²) in [5, 5.41) is 0. The molecule has 0 N–H and O–H groups in total. The van der Waals surface area contributed by atoms with Crippen LogP contribution in [0.5, 0.6) is 5.75 Å². The second-order valence-electron chi connectivity index (χ2n) is 4.91. The molecule has 0 bridgehead atoms. The van der Waals surface area contributed by atoms with Gasteiger partial charge in [0.2, 0.25) is 0 Å². The largest absolute Gasteiger partial charge is 0.493 e. The summed E-state index contributed by atoms with van der Waals surface area (Å²) in [4.78, 5) is 0. The third kappa shape index (κ3) is 3.82. The Morgan fingerprint density at radius 2 is 1.88 bits per heavy atom. The van der Waals surface area contributed by atoms with Gasteiger partial charge in [0.05, 0.1) is 6.61 Å². The van der Waals surface area contributed by atoms with E-state index in [1.165, 1.54) is 12.1 Å². The number of hydrogen-bond acceptors (Lipinski definition) is 2. The maximum atomic E-state index is 12.7. The zero-order chi connectivity index (χ0) is 12.3. The van der Waals surface area contributed by atoms with Crippen molar-refractivity contribution < 1.29 is 13.6 Å². The van der Waals surface area contributed by atoms with Crippen LogP contribution in [0.2, 0.25) is 13.1 Å². The number of hydrogen-bond donors (Lipinski definition) is 0. The predicted octanol–water partition coefficient (Wildman–Crippen LogP) is 2.98. The molecule has 0 unspecified atom stereocenters. The molecular formula is C13H19FO2Si. The Hall–Kier alpha value is -0.873. The van der Waals surface area contributed by atoms with Gasteiger partial charge in [-0.3, -0.25) is 0 Å². The predicted molar refractivity (Wildman–Crippen MR) is 68.4 cm³/mol. The fourth-order valence-electron chi connectivity index (χ4n) is 2.05. The van der Waals surface area contributed by atoms with E-state index in [-0.39, 0.29) is 5.82 Å². The zero-order valence-electron chi connectivity index (χ0n) is 10.4. The molecule has 1 fully saturated rings. The van der Waals surface area contributed by atoms with E-state index in [0.29, 0.717) is 18.6 Å². The molecule has 0 saturated heterocycles. The average molecular weight is 254 g/mol. The summed E-state index contributed by atoms with van der Waals surface area (Å²) in [5.74, 6) is 1.11. The molecule has 1 aromatic rings. The summed E-state index contributed by atoms with van der Waals surface area (Å²) >= 11 is 0. The van der Waals surface area contributed by atoms with Crippen molar-refractivity contribution in [3.63, 3.8) is 0 Å². The van der Waals surface area contributed by atoms with Gasteiger partial charge in [0.25, 0.3) is 0 Å². The second kappa shape index (κ2) is 5.64. The molecule has 1 aliphatic carbocycles. The van der Waals surface area contributed by atoms with Gasteiger partial charge in [0, 0.05) is 6.10 Å². The zero-order valence-corrected chi connectivity index (χ0v) is 11.5. The average Bonchev–Trinajstić information content (AvgIpc) is 2.23. The maximum Gasteiger partial charge on any atom is 0.171 e. The fraction of sp³-hybridized carbons (Fsp3) is 0.538. The topological polar surface area (TPSA) is 18.5 Å². The molecule has 0 radical (unpaired) electrons. The first-order chi connectivity index (χ1) is 8.13. The van der Waals surface area contributed by atoms with Gasteiger partial charge in [0.1, 0.15) is 11.6 Å². The van der Waals surface area contributed by atoms with E-state index < -0.39 is 9.04 Å². The van der Waals surface area contributed by atoms with Crippen molar-refractivity contribution >= 4 is 9.04 Å². The minimum Gasteiger partial charge on any atom is -0.493 e. The molecule has 0 atom stereocenters. The summed E-state index contributed by atoms with van der Waals surface area (Å²) in [6.07, 6.45) is 2.67. The Morgan fingerprint density at radius 1 is 1.24 bits per heavy atom. The lowest BCUT2D eigenvalue weighted by molar-refractivity contribution is 0.0378. The molecule has 1 aliphatic rings. The van der Waals surface area contributed by atoms with Crippen molar-refractivity contribution in [1.29, 1.82) is 0 Å². The van der Waals surface area contributed by atoms with Crippen LogP contribution < -0.4 is 4.74 Å². The van der Waals surface area contributed by atoms with Crippen molar-refractivity contribution in [3.8, 4) is 5.75 Å². The Bertz CT molecular complexity index is 347. The first-order valence-corrected chi connectivity index (χ1v) is 8.95. The highest BCUT2D eigenvalue weighted by molar-refractivity contribution is 6.48. The second-order valence-corrected chi connectivity index (χ2v) is 7.28. The SMILES string of the molecule is C[SiH](C)O[C@H]1C[C@@H](COc2ccc(F)cc2)C1. The highest BCUT2D eigenvalue weighted by atomic mass is 28.3. The van der Waals surface area contributed by atoms with Gasteiger partial charge in [-0.05, 0) is 56.1 Å². The quantitative estimate of drug-likeness (QED) is 0.752. The van der Waals surface area contributed by atoms with Crippen molar-refractivity contribution in [3.05, 3.63) is 30.1 Å². The monoisotopic (exact) mass is 254 g/mol. The molecule has 1 saturated carbocycles. The van der Waals surface area contributed by atoms with Crippen LogP contribution in [0.25, 0.3) is 0 Å². The number of rotatable bonds is 5. The number of benzene rings is 1. The molecular weight excluding hydrogens is 235 g/mol. The Morgan fingerprint density at radius 3 is 2.47 bits per heavy atom. The lowest BCUT2D eigenvalue weighted by atomic mass is 9.83. The first-order valence-electron chi connectivity index (χ1n) is 6.17. The lowest BCUT2D eigenvalue weighted by Gasteiger charge is -2.36. The van der Waals surface area contributed by atoms with E-state index in [4.69, 9.17) is 9.16 Å². The normalized spacial score (nSPS) is 23.5. The van der Waals surface area contributed by atoms with E-state index in [1.807, 2.05) is 0 Å². The van der Waals surface area contributed by atoms with Gasteiger partial charge in [-0.15, -0.1) is 0 Å². The van der Waals surface area contributed by atoms with Crippen LogP contribution in [0.1, 0.15) is 12.8 Å². The maximum absolute atomic E-state index is 12.7. The molecule has 0 spiro atoms. The molecule has 17 heavy (non-hydrogen) atoms. The summed E-state index contributed by atoms with van der Waals surface area (Å²) in [6.45, 7) is 5.11. The Labute approximate surface area is 103 Å². The van der Waals surface area contributed by atoms with Gasteiger partial charge in [-0.2, -0.15) is 0 Å². The van der Waals surface area contributed by atoms with Crippen LogP contribution in [0.15, 0.2) is 24.3 Å². The third-order valence-electron chi connectivity index (χ3n) is 2.96. The van der Waals surface area contributed by atoms with Crippen LogP contribution in [-0.4, -0.2) is 21.8 Å². The molecule has 0 aliphatic heterocycles. The van der Waals surface area contributed by atoms with Gasteiger partial charge < -0.3 is 9.16 Å². The summed E-state index contributed by atoms with van der Waals surface area (Å²) < 4.78 is 24.1. The van der Waals surface area contributed by atoms with Crippen LogP contribution in [0, 0.1) is 11.7 Å². The minimum atomic E-state index is -0.890. The molecule has 0 heterocycles. The first kappa shape index (κ1) is 12.6.